The van der Waals surface area contributed by atoms with E-state index in [0.29, 0.717) is 0 Å². The number of aromatic nitrogens is 1. The zero-order valence-corrected chi connectivity index (χ0v) is 17.7. The van der Waals surface area contributed by atoms with Crippen LogP contribution < -0.4 is 0 Å². The molecule has 0 N–H and O–H groups in total. The molecule has 0 aliphatic rings. The minimum atomic E-state index is 0.909. The van der Waals surface area contributed by atoms with Gasteiger partial charge in [-0.05, 0) is 93.6 Å². The van der Waals surface area contributed by atoms with Crippen molar-refractivity contribution in [2.24, 2.45) is 4.99 Å². The van der Waals surface area contributed by atoms with Crippen LogP contribution in [0.2, 0.25) is 0 Å². The van der Waals surface area contributed by atoms with E-state index in [1.54, 1.807) is 6.20 Å². The first-order chi connectivity index (χ1) is 12.9. The average Bonchev–Trinajstić information content (AvgIpc) is 2.70. The highest BCUT2D eigenvalue weighted by Crippen LogP contribution is 2.41. The Morgan fingerprint density at radius 3 is 2.00 bits per heavy atom. The predicted octanol–water partition coefficient (Wildman–Crippen LogP) is 6.92. The molecule has 2 nitrogen and oxygen atoms in total. The van der Waals surface area contributed by atoms with Gasteiger partial charge in [0.1, 0.15) is 0 Å². The number of benzene rings is 2. The Morgan fingerprint density at radius 2 is 1.37 bits per heavy atom. The van der Waals surface area contributed by atoms with E-state index < -0.39 is 0 Å². The Hall–Kier alpha value is -2.39. The van der Waals surface area contributed by atoms with E-state index in [-0.39, 0.29) is 0 Å². The van der Waals surface area contributed by atoms with Crippen LogP contribution in [0, 0.1) is 34.6 Å². The van der Waals surface area contributed by atoms with Crippen LogP contribution in [0.3, 0.4) is 0 Å². The van der Waals surface area contributed by atoms with Crippen LogP contribution in [0.5, 0.6) is 0 Å². The van der Waals surface area contributed by atoms with E-state index in [2.05, 4.69) is 57.8 Å². The lowest BCUT2D eigenvalue weighted by molar-refractivity contribution is 1.09. The molecule has 3 aromatic rings. The molecule has 0 atom stereocenters. The maximum Gasteiger partial charge on any atom is 0.0841 e. The first-order valence-corrected chi connectivity index (χ1v) is 10.0. The van der Waals surface area contributed by atoms with Crippen molar-refractivity contribution in [1.82, 2.24) is 4.98 Å². The summed E-state index contributed by atoms with van der Waals surface area (Å²) in [6.45, 7) is 13.1. The van der Waals surface area contributed by atoms with Gasteiger partial charge in [0.25, 0.3) is 0 Å². The maximum absolute atomic E-state index is 4.88. The van der Waals surface area contributed by atoms with Gasteiger partial charge in [-0.3, -0.25) is 9.98 Å². The van der Waals surface area contributed by atoms with Gasteiger partial charge >= 0.3 is 0 Å². The van der Waals surface area contributed by atoms with Gasteiger partial charge in [-0.25, -0.2) is 0 Å². The molecule has 0 aliphatic heterocycles. The largest absolute Gasteiger partial charge is 0.255 e. The van der Waals surface area contributed by atoms with Crippen LogP contribution in [-0.4, -0.2) is 10.7 Å². The van der Waals surface area contributed by atoms with E-state index in [9.17, 15) is 0 Å². The SMILES string of the molecule is C/C(=N\c1ccccc1Sc1c(C)c(C)c(C)c(C)c1C)c1ccccn1. The molecule has 0 bridgehead atoms. The number of rotatable bonds is 4. The van der Waals surface area contributed by atoms with Crippen molar-refractivity contribution in [3.63, 3.8) is 0 Å². The van der Waals surface area contributed by atoms with Gasteiger partial charge in [0, 0.05) is 16.0 Å². The molecule has 138 valence electrons. The summed E-state index contributed by atoms with van der Waals surface area (Å²) < 4.78 is 0. The average molecular weight is 375 g/mol. The van der Waals surface area contributed by atoms with Crippen LogP contribution in [0.4, 0.5) is 5.69 Å². The Labute approximate surface area is 166 Å². The third-order valence-corrected chi connectivity index (χ3v) is 6.71. The fourth-order valence-electron chi connectivity index (χ4n) is 3.18. The molecule has 0 radical (unpaired) electrons. The predicted molar refractivity (Wildman–Crippen MR) is 117 cm³/mol. The first-order valence-electron chi connectivity index (χ1n) is 9.20. The third kappa shape index (κ3) is 3.98. The fraction of sp³-hybridized carbons (Fsp3) is 0.250. The normalized spacial score (nSPS) is 11.7. The Balaban J connectivity index is 2.04. The lowest BCUT2D eigenvalue weighted by atomic mass is 9.95. The summed E-state index contributed by atoms with van der Waals surface area (Å²) in [5.41, 5.74) is 9.70. The maximum atomic E-state index is 4.88. The van der Waals surface area contributed by atoms with Crippen LogP contribution in [-0.2, 0) is 0 Å². The quantitative estimate of drug-likeness (QED) is 0.463. The summed E-state index contributed by atoms with van der Waals surface area (Å²) in [4.78, 5) is 11.8. The van der Waals surface area contributed by atoms with E-state index in [0.717, 1.165) is 17.1 Å². The number of aliphatic imine (C=N–C) groups is 1. The number of nitrogens with zero attached hydrogens (tertiary/aromatic N) is 2. The fourth-order valence-corrected chi connectivity index (χ4v) is 4.38. The van der Waals surface area contributed by atoms with E-state index in [4.69, 9.17) is 4.99 Å². The van der Waals surface area contributed by atoms with Crippen molar-refractivity contribution in [3.05, 3.63) is 82.2 Å². The highest BCUT2D eigenvalue weighted by Gasteiger charge is 2.15. The molecule has 3 heteroatoms. The Bertz CT molecular complexity index is 975. The lowest BCUT2D eigenvalue weighted by Gasteiger charge is -2.18. The third-order valence-electron chi connectivity index (χ3n) is 5.33. The van der Waals surface area contributed by atoms with Crippen molar-refractivity contribution in [2.45, 2.75) is 51.3 Å². The molecule has 0 saturated heterocycles. The summed E-state index contributed by atoms with van der Waals surface area (Å²) in [7, 11) is 0. The van der Waals surface area contributed by atoms with Gasteiger partial charge < -0.3 is 0 Å². The minimum Gasteiger partial charge on any atom is -0.255 e. The molecule has 0 unspecified atom stereocenters. The molecule has 0 fully saturated rings. The van der Waals surface area contributed by atoms with Crippen LogP contribution in [0.25, 0.3) is 0 Å². The molecular weight excluding hydrogens is 348 g/mol. The van der Waals surface area contributed by atoms with Gasteiger partial charge in [0.05, 0.1) is 17.1 Å². The zero-order valence-electron chi connectivity index (χ0n) is 16.9. The summed E-state index contributed by atoms with van der Waals surface area (Å²) >= 11 is 1.81. The smallest absolute Gasteiger partial charge is 0.0841 e. The van der Waals surface area contributed by atoms with Crippen LogP contribution in [0.1, 0.15) is 40.4 Å². The number of hydrogen-bond donors (Lipinski definition) is 0. The van der Waals surface area contributed by atoms with Gasteiger partial charge in [0.2, 0.25) is 0 Å². The lowest BCUT2D eigenvalue weighted by Crippen LogP contribution is -1.99. The Kier molecular flexibility index (Phi) is 5.81. The van der Waals surface area contributed by atoms with Gasteiger partial charge in [-0.1, -0.05) is 30.0 Å². The highest BCUT2D eigenvalue weighted by molar-refractivity contribution is 7.99. The molecule has 1 heterocycles. The second-order valence-electron chi connectivity index (χ2n) is 6.94. The van der Waals surface area contributed by atoms with E-state index in [1.165, 1.54) is 37.6 Å². The molecule has 0 aliphatic carbocycles. The van der Waals surface area contributed by atoms with Crippen molar-refractivity contribution in [3.8, 4) is 0 Å². The molecule has 27 heavy (non-hydrogen) atoms. The molecule has 3 rings (SSSR count). The topological polar surface area (TPSA) is 25.2 Å². The summed E-state index contributed by atoms with van der Waals surface area (Å²) in [6.07, 6.45) is 1.81. The van der Waals surface area contributed by atoms with Crippen molar-refractivity contribution in [2.75, 3.05) is 0 Å². The number of para-hydroxylation sites is 1. The highest BCUT2D eigenvalue weighted by atomic mass is 32.2. The van der Waals surface area contributed by atoms with Gasteiger partial charge in [-0.2, -0.15) is 0 Å². The second kappa shape index (κ2) is 8.10. The molecule has 2 aromatic carbocycles. The monoisotopic (exact) mass is 374 g/mol. The molecule has 0 amide bonds. The summed E-state index contributed by atoms with van der Waals surface area (Å²) in [5.74, 6) is 0. The van der Waals surface area contributed by atoms with Crippen molar-refractivity contribution in [1.29, 1.82) is 0 Å². The van der Waals surface area contributed by atoms with E-state index in [1.807, 2.05) is 43.0 Å². The summed E-state index contributed by atoms with van der Waals surface area (Å²) in [5, 5.41) is 0. The minimum absolute atomic E-state index is 0.909. The number of hydrogen-bond acceptors (Lipinski definition) is 3. The van der Waals surface area contributed by atoms with Gasteiger partial charge in [0.15, 0.2) is 0 Å². The van der Waals surface area contributed by atoms with Gasteiger partial charge in [-0.15, -0.1) is 0 Å². The summed E-state index contributed by atoms with van der Waals surface area (Å²) in [6, 6.07) is 14.3. The number of pyridine rings is 1. The van der Waals surface area contributed by atoms with Crippen LogP contribution in [0.15, 0.2) is 63.4 Å². The van der Waals surface area contributed by atoms with Crippen LogP contribution >= 0.6 is 11.8 Å². The van der Waals surface area contributed by atoms with Crippen molar-refractivity contribution < 1.29 is 0 Å². The molecular formula is C24H26N2S. The molecule has 1 aromatic heterocycles. The standard InChI is InChI=1S/C24H26N2S/c1-15-16(2)18(4)24(19(5)17(15)3)27-23-13-8-7-12-22(23)26-20(6)21-11-9-10-14-25-21/h7-14H,1-6H3/b26-20+. The zero-order chi connectivity index (χ0) is 19.6. The van der Waals surface area contributed by atoms with Crippen molar-refractivity contribution >= 4 is 23.2 Å². The first kappa shape index (κ1) is 19.4. The van der Waals surface area contributed by atoms with E-state index >= 15 is 0 Å². The second-order valence-corrected chi connectivity index (χ2v) is 7.99. The molecule has 0 spiro atoms. The Morgan fingerprint density at radius 1 is 0.778 bits per heavy atom. The molecule has 0 saturated carbocycles.